The van der Waals surface area contributed by atoms with E-state index in [1.54, 1.807) is 20.8 Å². The molecule has 1 fully saturated rings. The number of rotatable bonds is 1. The van der Waals surface area contributed by atoms with Crippen molar-refractivity contribution in [3.8, 4) is 0 Å². The number of ketones is 1. The lowest BCUT2D eigenvalue weighted by Gasteiger charge is -2.27. The maximum Gasteiger partial charge on any atom is 0.411 e. The second-order valence-electron chi connectivity index (χ2n) is 5.09. The lowest BCUT2D eigenvalue weighted by Crippen LogP contribution is -2.42. The molecule has 0 saturated carbocycles. The minimum atomic E-state index is -1.14. The summed E-state index contributed by atoms with van der Waals surface area (Å²) in [4.78, 5) is 24.1. The number of amides is 1. The molecule has 1 rings (SSSR count). The van der Waals surface area contributed by atoms with Crippen LogP contribution in [0.15, 0.2) is 0 Å². The predicted molar refractivity (Wildman–Crippen MR) is 56.9 cm³/mol. The van der Waals surface area contributed by atoms with E-state index in [2.05, 4.69) is 0 Å². The van der Waals surface area contributed by atoms with Crippen molar-refractivity contribution in [2.24, 2.45) is 0 Å². The van der Waals surface area contributed by atoms with Crippen LogP contribution in [0.5, 0.6) is 0 Å². The van der Waals surface area contributed by atoms with Gasteiger partial charge in [-0.15, -0.1) is 0 Å². The van der Waals surface area contributed by atoms with E-state index >= 15 is 0 Å². The zero-order chi connectivity index (χ0) is 12.5. The van der Waals surface area contributed by atoms with Crippen molar-refractivity contribution in [2.75, 3.05) is 6.54 Å². The van der Waals surface area contributed by atoms with E-state index in [9.17, 15) is 14.0 Å². The standard InChI is InChI=1S/C11H18FNO3/c1-7(14)9-5-8(12)6-13(9)10(15)16-11(2,3)4/h8-9H,5-6H2,1-4H3/t8-,9?/m0/s1. The summed E-state index contributed by atoms with van der Waals surface area (Å²) >= 11 is 0. The summed E-state index contributed by atoms with van der Waals surface area (Å²) in [6, 6.07) is -0.676. The molecule has 0 N–H and O–H groups in total. The summed E-state index contributed by atoms with van der Waals surface area (Å²) in [5.41, 5.74) is -0.632. The normalized spacial score (nSPS) is 25.7. The topological polar surface area (TPSA) is 46.6 Å². The number of ether oxygens (including phenoxy) is 1. The monoisotopic (exact) mass is 231 g/mol. The van der Waals surface area contributed by atoms with Crippen molar-refractivity contribution >= 4 is 11.9 Å². The van der Waals surface area contributed by atoms with Crippen LogP contribution in [0.3, 0.4) is 0 Å². The van der Waals surface area contributed by atoms with Crippen molar-refractivity contribution in [1.82, 2.24) is 4.90 Å². The molecule has 4 nitrogen and oxygen atoms in total. The molecule has 0 radical (unpaired) electrons. The van der Waals surface area contributed by atoms with Gasteiger partial charge >= 0.3 is 6.09 Å². The number of likely N-dealkylation sites (tertiary alicyclic amines) is 1. The number of alkyl halides is 1. The Morgan fingerprint density at radius 2 is 1.94 bits per heavy atom. The van der Waals surface area contributed by atoms with E-state index in [1.807, 2.05) is 0 Å². The van der Waals surface area contributed by atoms with Gasteiger partial charge in [-0.05, 0) is 27.7 Å². The van der Waals surface area contributed by atoms with Crippen molar-refractivity contribution < 1.29 is 18.7 Å². The number of hydrogen-bond acceptors (Lipinski definition) is 3. The van der Waals surface area contributed by atoms with Gasteiger partial charge in [-0.1, -0.05) is 0 Å². The highest BCUT2D eigenvalue weighted by molar-refractivity contribution is 5.86. The van der Waals surface area contributed by atoms with Crippen molar-refractivity contribution in [3.63, 3.8) is 0 Å². The Balaban J connectivity index is 2.71. The molecule has 0 aromatic carbocycles. The summed E-state index contributed by atoms with van der Waals surface area (Å²) in [5.74, 6) is -0.203. The molecule has 1 amide bonds. The fourth-order valence-electron chi connectivity index (χ4n) is 1.69. The number of Topliss-reactive ketones (excluding diaryl/α,β-unsaturated/α-hetero) is 1. The molecule has 0 bridgehead atoms. The predicted octanol–water partition coefficient (Wildman–Crippen LogP) is 1.92. The number of hydrogen-bond donors (Lipinski definition) is 0. The highest BCUT2D eigenvalue weighted by Crippen LogP contribution is 2.23. The molecule has 2 atom stereocenters. The van der Waals surface area contributed by atoms with Crippen LogP contribution < -0.4 is 0 Å². The van der Waals surface area contributed by atoms with Crippen molar-refractivity contribution in [1.29, 1.82) is 0 Å². The summed E-state index contributed by atoms with van der Waals surface area (Å²) in [5, 5.41) is 0. The van der Waals surface area contributed by atoms with E-state index in [1.165, 1.54) is 11.8 Å². The Kier molecular flexibility index (Phi) is 3.55. The summed E-state index contributed by atoms with van der Waals surface area (Å²) in [7, 11) is 0. The highest BCUT2D eigenvalue weighted by Gasteiger charge is 2.39. The second kappa shape index (κ2) is 4.39. The first-order chi connectivity index (χ1) is 7.20. The van der Waals surface area contributed by atoms with E-state index < -0.39 is 23.9 Å². The van der Waals surface area contributed by atoms with Crippen LogP contribution in [0.1, 0.15) is 34.1 Å². The van der Waals surface area contributed by atoms with Crippen LogP contribution in [0.4, 0.5) is 9.18 Å². The third-order valence-corrected chi connectivity index (χ3v) is 2.35. The molecule has 0 aromatic rings. The summed E-state index contributed by atoms with van der Waals surface area (Å²) in [6.45, 7) is 6.50. The Morgan fingerprint density at radius 1 is 1.38 bits per heavy atom. The third-order valence-electron chi connectivity index (χ3n) is 2.35. The fraction of sp³-hybridized carbons (Fsp3) is 0.818. The minimum absolute atomic E-state index is 0.0564. The molecule has 0 aliphatic carbocycles. The maximum atomic E-state index is 13.2. The van der Waals surface area contributed by atoms with Crippen molar-refractivity contribution in [3.05, 3.63) is 0 Å². The average Bonchev–Trinajstić information content (AvgIpc) is 2.44. The number of carbonyl (C=O) groups is 2. The average molecular weight is 231 g/mol. The molecular formula is C11H18FNO3. The van der Waals surface area contributed by atoms with E-state index in [0.717, 1.165) is 0 Å². The molecule has 0 aromatic heterocycles. The molecular weight excluding hydrogens is 213 g/mol. The lowest BCUT2D eigenvalue weighted by atomic mass is 10.1. The van der Waals surface area contributed by atoms with Crippen molar-refractivity contribution in [2.45, 2.75) is 51.9 Å². The Labute approximate surface area is 94.7 Å². The quantitative estimate of drug-likeness (QED) is 0.692. The SMILES string of the molecule is CC(=O)C1C[C@H](F)CN1C(=O)OC(C)(C)C. The first kappa shape index (κ1) is 12.9. The van der Waals surface area contributed by atoms with Gasteiger partial charge in [-0.2, -0.15) is 0 Å². The Morgan fingerprint density at radius 3 is 2.38 bits per heavy atom. The van der Waals surface area contributed by atoms with Gasteiger partial charge in [0.15, 0.2) is 5.78 Å². The minimum Gasteiger partial charge on any atom is -0.444 e. The molecule has 1 heterocycles. The largest absolute Gasteiger partial charge is 0.444 e. The Bertz CT molecular complexity index is 298. The summed E-state index contributed by atoms with van der Waals surface area (Å²) in [6.07, 6.45) is -1.68. The lowest BCUT2D eigenvalue weighted by molar-refractivity contribution is -0.121. The van der Waals surface area contributed by atoms with E-state index in [4.69, 9.17) is 4.74 Å². The third kappa shape index (κ3) is 3.18. The van der Waals surface area contributed by atoms with Gasteiger partial charge in [0, 0.05) is 6.42 Å². The molecule has 92 valence electrons. The van der Waals surface area contributed by atoms with Crippen LogP contribution in [0.2, 0.25) is 0 Å². The molecule has 1 aliphatic heterocycles. The molecule has 1 unspecified atom stereocenters. The van der Waals surface area contributed by atoms with Crippen LogP contribution >= 0.6 is 0 Å². The number of halogens is 1. The maximum absolute atomic E-state index is 13.2. The van der Waals surface area contributed by atoms with Gasteiger partial charge in [-0.3, -0.25) is 9.69 Å². The molecule has 0 spiro atoms. The Hall–Kier alpha value is -1.13. The smallest absolute Gasteiger partial charge is 0.411 e. The number of carbonyl (C=O) groups excluding carboxylic acids is 2. The molecule has 16 heavy (non-hydrogen) atoms. The van der Waals surface area contributed by atoms with Gasteiger partial charge in [-0.25, -0.2) is 9.18 Å². The van der Waals surface area contributed by atoms with Gasteiger partial charge in [0.05, 0.1) is 12.6 Å². The van der Waals surface area contributed by atoms with Gasteiger partial charge in [0.2, 0.25) is 0 Å². The van der Waals surface area contributed by atoms with Gasteiger partial charge in [0.1, 0.15) is 11.8 Å². The van der Waals surface area contributed by atoms with Crippen LogP contribution in [-0.2, 0) is 9.53 Å². The van der Waals surface area contributed by atoms with E-state index in [0.29, 0.717) is 0 Å². The zero-order valence-electron chi connectivity index (χ0n) is 10.1. The fourth-order valence-corrected chi connectivity index (χ4v) is 1.69. The molecule has 5 heteroatoms. The van der Waals surface area contributed by atoms with Crippen LogP contribution in [-0.4, -0.2) is 41.1 Å². The molecule has 1 aliphatic rings. The van der Waals surface area contributed by atoms with Crippen LogP contribution in [0.25, 0.3) is 0 Å². The number of nitrogens with zero attached hydrogens (tertiary/aromatic N) is 1. The van der Waals surface area contributed by atoms with Crippen LogP contribution in [0, 0.1) is 0 Å². The van der Waals surface area contributed by atoms with Gasteiger partial charge < -0.3 is 4.74 Å². The highest BCUT2D eigenvalue weighted by atomic mass is 19.1. The zero-order valence-corrected chi connectivity index (χ0v) is 10.1. The first-order valence-corrected chi connectivity index (χ1v) is 5.35. The second-order valence-corrected chi connectivity index (χ2v) is 5.09. The molecule has 1 saturated heterocycles. The first-order valence-electron chi connectivity index (χ1n) is 5.35. The summed E-state index contributed by atoms with van der Waals surface area (Å²) < 4.78 is 18.3. The van der Waals surface area contributed by atoms with E-state index in [-0.39, 0.29) is 18.7 Å². The van der Waals surface area contributed by atoms with Gasteiger partial charge in [0.25, 0.3) is 0 Å².